The van der Waals surface area contributed by atoms with Gasteiger partial charge in [0.1, 0.15) is 11.6 Å². The Labute approximate surface area is 150 Å². The van der Waals surface area contributed by atoms with E-state index in [0.29, 0.717) is 35.3 Å². The summed E-state index contributed by atoms with van der Waals surface area (Å²) in [7, 11) is 0. The van der Waals surface area contributed by atoms with Crippen LogP contribution in [0.1, 0.15) is 17.3 Å². The standard InChI is InChI=1S/C19H17FN4O2/c1-2-26-18(25)15-5-3-4-6-16(15)23-19-21-12-11-17(24-19)22-14-9-7-13(20)8-10-14/h3-12H,2H2,1H3,(H2,21,22,23,24). The van der Waals surface area contributed by atoms with Gasteiger partial charge >= 0.3 is 5.97 Å². The van der Waals surface area contributed by atoms with E-state index in [1.807, 2.05) is 0 Å². The van der Waals surface area contributed by atoms with Crippen molar-refractivity contribution in [3.8, 4) is 0 Å². The van der Waals surface area contributed by atoms with E-state index in [0.717, 1.165) is 0 Å². The molecule has 0 saturated carbocycles. The van der Waals surface area contributed by atoms with Crippen LogP contribution in [-0.4, -0.2) is 22.5 Å². The SMILES string of the molecule is CCOC(=O)c1ccccc1Nc1nccc(Nc2ccc(F)cc2)n1. The summed E-state index contributed by atoms with van der Waals surface area (Å²) in [4.78, 5) is 20.6. The van der Waals surface area contributed by atoms with Crippen molar-refractivity contribution in [2.45, 2.75) is 6.92 Å². The van der Waals surface area contributed by atoms with E-state index >= 15 is 0 Å². The minimum Gasteiger partial charge on any atom is -0.462 e. The third kappa shape index (κ3) is 4.32. The minimum absolute atomic E-state index is 0.292. The number of benzene rings is 2. The zero-order valence-electron chi connectivity index (χ0n) is 14.1. The highest BCUT2D eigenvalue weighted by molar-refractivity contribution is 5.96. The Morgan fingerprint density at radius 3 is 2.62 bits per heavy atom. The predicted octanol–water partition coefficient (Wildman–Crippen LogP) is 4.28. The summed E-state index contributed by atoms with van der Waals surface area (Å²) in [6.45, 7) is 2.04. The zero-order valence-corrected chi connectivity index (χ0v) is 14.1. The number of esters is 1. The van der Waals surface area contributed by atoms with Gasteiger partial charge in [0, 0.05) is 11.9 Å². The number of rotatable bonds is 6. The Morgan fingerprint density at radius 2 is 1.85 bits per heavy atom. The molecule has 7 heteroatoms. The van der Waals surface area contributed by atoms with Crippen LogP contribution >= 0.6 is 0 Å². The molecule has 1 aromatic heterocycles. The molecular weight excluding hydrogens is 335 g/mol. The van der Waals surface area contributed by atoms with Crippen LogP contribution < -0.4 is 10.6 Å². The molecule has 0 spiro atoms. The monoisotopic (exact) mass is 352 g/mol. The Hall–Kier alpha value is -3.48. The van der Waals surface area contributed by atoms with E-state index in [2.05, 4.69) is 20.6 Å². The van der Waals surface area contributed by atoms with Crippen molar-refractivity contribution >= 4 is 29.1 Å². The van der Waals surface area contributed by atoms with Crippen molar-refractivity contribution in [1.29, 1.82) is 0 Å². The van der Waals surface area contributed by atoms with Crippen molar-refractivity contribution in [3.05, 3.63) is 72.2 Å². The molecule has 2 aromatic carbocycles. The van der Waals surface area contributed by atoms with Gasteiger partial charge in [-0.15, -0.1) is 0 Å². The fourth-order valence-corrected chi connectivity index (χ4v) is 2.27. The highest BCUT2D eigenvalue weighted by Crippen LogP contribution is 2.21. The summed E-state index contributed by atoms with van der Waals surface area (Å²) in [5.41, 5.74) is 1.64. The number of hydrogen-bond donors (Lipinski definition) is 2. The molecule has 3 rings (SSSR count). The molecular formula is C19H17FN4O2. The molecule has 0 aliphatic rings. The summed E-state index contributed by atoms with van der Waals surface area (Å²) >= 11 is 0. The Balaban J connectivity index is 1.79. The summed E-state index contributed by atoms with van der Waals surface area (Å²) in [6.07, 6.45) is 1.58. The highest BCUT2D eigenvalue weighted by atomic mass is 19.1. The van der Waals surface area contributed by atoms with Gasteiger partial charge in [-0.05, 0) is 49.4 Å². The smallest absolute Gasteiger partial charge is 0.340 e. The second-order valence-corrected chi connectivity index (χ2v) is 5.29. The van der Waals surface area contributed by atoms with Crippen molar-refractivity contribution in [3.63, 3.8) is 0 Å². The normalized spacial score (nSPS) is 10.2. The minimum atomic E-state index is -0.420. The predicted molar refractivity (Wildman–Crippen MR) is 97.4 cm³/mol. The second kappa shape index (κ2) is 8.06. The number of aromatic nitrogens is 2. The second-order valence-electron chi connectivity index (χ2n) is 5.29. The van der Waals surface area contributed by atoms with Crippen LogP contribution in [0, 0.1) is 5.82 Å². The number of nitrogens with one attached hydrogen (secondary N) is 2. The first-order valence-electron chi connectivity index (χ1n) is 8.04. The van der Waals surface area contributed by atoms with Crippen LogP contribution in [-0.2, 0) is 4.74 Å². The Kier molecular flexibility index (Phi) is 5.38. The maximum atomic E-state index is 13.0. The van der Waals surface area contributed by atoms with Gasteiger partial charge in [0.2, 0.25) is 5.95 Å². The molecule has 0 unspecified atom stereocenters. The number of ether oxygens (including phenoxy) is 1. The first-order chi connectivity index (χ1) is 12.7. The van der Waals surface area contributed by atoms with Gasteiger partial charge in [0.25, 0.3) is 0 Å². The highest BCUT2D eigenvalue weighted by Gasteiger charge is 2.12. The lowest BCUT2D eigenvalue weighted by atomic mass is 10.2. The van der Waals surface area contributed by atoms with Gasteiger partial charge in [-0.25, -0.2) is 14.2 Å². The molecule has 0 bridgehead atoms. The average molecular weight is 352 g/mol. The van der Waals surface area contributed by atoms with Crippen LogP contribution in [0.2, 0.25) is 0 Å². The van der Waals surface area contributed by atoms with Gasteiger partial charge in [-0.2, -0.15) is 4.98 Å². The lowest BCUT2D eigenvalue weighted by molar-refractivity contribution is 0.0527. The fourth-order valence-electron chi connectivity index (χ4n) is 2.27. The lowest BCUT2D eigenvalue weighted by Crippen LogP contribution is -2.09. The molecule has 0 atom stereocenters. The van der Waals surface area contributed by atoms with Crippen LogP contribution in [0.15, 0.2) is 60.8 Å². The van der Waals surface area contributed by atoms with Crippen molar-refractivity contribution < 1.29 is 13.9 Å². The molecule has 0 saturated heterocycles. The van der Waals surface area contributed by atoms with Gasteiger partial charge < -0.3 is 15.4 Å². The third-order valence-corrected chi connectivity index (χ3v) is 3.44. The quantitative estimate of drug-likeness (QED) is 0.645. The van der Waals surface area contributed by atoms with E-state index in [1.54, 1.807) is 55.6 Å². The number of halogens is 1. The van der Waals surface area contributed by atoms with Gasteiger partial charge in [-0.3, -0.25) is 0 Å². The average Bonchev–Trinajstić information content (AvgIpc) is 2.65. The summed E-state index contributed by atoms with van der Waals surface area (Å²) in [6, 6.07) is 14.6. The number of para-hydroxylation sites is 1. The van der Waals surface area contributed by atoms with Crippen LogP contribution in [0.3, 0.4) is 0 Å². The number of carbonyl (C=O) groups is 1. The summed E-state index contributed by atoms with van der Waals surface area (Å²) < 4.78 is 18.0. The molecule has 0 radical (unpaired) electrons. The lowest BCUT2D eigenvalue weighted by Gasteiger charge is -2.11. The van der Waals surface area contributed by atoms with Gasteiger partial charge in [0.15, 0.2) is 0 Å². The molecule has 0 amide bonds. The molecule has 0 aliphatic carbocycles. The molecule has 26 heavy (non-hydrogen) atoms. The third-order valence-electron chi connectivity index (χ3n) is 3.44. The van der Waals surface area contributed by atoms with E-state index in [9.17, 15) is 9.18 Å². The van der Waals surface area contributed by atoms with E-state index in [4.69, 9.17) is 4.74 Å². The number of nitrogens with zero attached hydrogens (tertiary/aromatic N) is 2. The van der Waals surface area contributed by atoms with Gasteiger partial charge in [0.05, 0.1) is 17.9 Å². The first kappa shape index (κ1) is 17.3. The van der Waals surface area contributed by atoms with E-state index in [-0.39, 0.29) is 5.82 Å². The largest absolute Gasteiger partial charge is 0.462 e. The molecule has 6 nitrogen and oxygen atoms in total. The van der Waals surface area contributed by atoms with Gasteiger partial charge in [-0.1, -0.05) is 12.1 Å². The molecule has 1 heterocycles. The van der Waals surface area contributed by atoms with Crippen molar-refractivity contribution in [2.24, 2.45) is 0 Å². The number of anilines is 4. The number of carbonyl (C=O) groups excluding carboxylic acids is 1. The van der Waals surface area contributed by atoms with Crippen molar-refractivity contribution in [1.82, 2.24) is 9.97 Å². The fraction of sp³-hybridized carbons (Fsp3) is 0.105. The number of hydrogen-bond acceptors (Lipinski definition) is 6. The first-order valence-corrected chi connectivity index (χ1v) is 8.04. The summed E-state index contributed by atoms with van der Waals surface area (Å²) in [5, 5.41) is 6.09. The van der Waals surface area contributed by atoms with Crippen molar-refractivity contribution in [2.75, 3.05) is 17.2 Å². The molecule has 0 aliphatic heterocycles. The van der Waals surface area contributed by atoms with E-state index < -0.39 is 5.97 Å². The summed E-state index contributed by atoms with van der Waals surface area (Å²) in [5.74, 6) is 0.115. The topological polar surface area (TPSA) is 76.1 Å². The zero-order chi connectivity index (χ0) is 18.4. The molecule has 2 N–H and O–H groups in total. The Morgan fingerprint density at radius 1 is 1.08 bits per heavy atom. The van der Waals surface area contributed by atoms with Crippen LogP contribution in [0.4, 0.5) is 27.5 Å². The van der Waals surface area contributed by atoms with Crippen LogP contribution in [0.25, 0.3) is 0 Å². The van der Waals surface area contributed by atoms with Crippen LogP contribution in [0.5, 0.6) is 0 Å². The molecule has 132 valence electrons. The maximum absolute atomic E-state index is 13.0. The van der Waals surface area contributed by atoms with E-state index in [1.165, 1.54) is 12.1 Å². The maximum Gasteiger partial charge on any atom is 0.340 e. The Bertz CT molecular complexity index is 900. The molecule has 3 aromatic rings. The molecule has 0 fully saturated rings.